The van der Waals surface area contributed by atoms with E-state index < -0.39 is 47.1 Å². The predicted molar refractivity (Wildman–Crippen MR) is 67.3 cm³/mol. The molecule has 0 bridgehead atoms. The van der Waals surface area contributed by atoms with E-state index in [0.29, 0.717) is 4.31 Å². The molecule has 1 saturated heterocycles. The molecule has 1 fully saturated rings. The lowest BCUT2D eigenvalue weighted by molar-refractivity contribution is -0.187. The number of aliphatic carboxylic acids is 1. The van der Waals surface area contributed by atoms with Gasteiger partial charge in [-0.3, -0.25) is 9.48 Å². The highest BCUT2D eigenvalue weighted by atomic mass is 32.2. The molecule has 0 aliphatic carbocycles. The Hall–Kier alpha value is -1.62. The number of aryl methyl sites for hydroxylation is 1. The first-order chi connectivity index (χ1) is 10.1. The van der Waals surface area contributed by atoms with Crippen molar-refractivity contribution in [2.75, 3.05) is 13.1 Å². The van der Waals surface area contributed by atoms with Crippen molar-refractivity contribution in [3.05, 3.63) is 12.3 Å². The molecule has 2 heterocycles. The van der Waals surface area contributed by atoms with Crippen molar-refractivity contribution < 1.29 is 31.5 Å². The van der Waals surface area contributed by atoms with Crippen LogP contribution in [0.2, 0.25) is 0 Å². The molecule has 0 unspecified atom stereocenters. The SMILES string of the molecule is CCn1nccc1S(=O)(=O)N1C[C@@H](C(F)(F)F)[C@H](C(=O)O)C1. The lowest BCUT2D eigenvalue weighted by Gasteiger charge is -2.18. The molecule has 0 aromatic carbocycles. The number of rotatable bonds is 4. The van der Waals surface area contributed by atoms with Crippen LogP contribution in [0.4, 0.5) is 13.2 Å². The van der Waals surface area contributed by atoms with Crippen molar-refractivity contribution in [1.82, 2.24) is 14.1 Å². The van der Waals surface area contributed by atoms with Gasteiger partial charge < -0.3 is 5.11 Å². The first-order valence-corrected chi connectivity index (χ1v) is 7.84. The maximum atomic E-state index is 12.9. The van der Waals surface area contributed by atoms with E-state index in [0.717, 1.165) is 4.68 Å². The monoisotopic (exact) mass is 341 g/mol. The van der Waals surface area contributed by atoms with Gasteiger partial charge in [0.25, 0.3) is 10.0 Å². The average molecular weight is 341 g/mol. The van der Waals surface area contributed by atoms with Gasteiger partial charge in [-0.05, 0) is 13.0 Å². The first-order valence-electron chi connectivity index (χ1n) is 6.40. The Kier molecular flexibility index (Phi) is 4.22. The summed E-state index contributed by atoms with van der Waals surface area (Å²) in [6.45, 7) is 0.240. The van der Waals surface area contributed by atoms with E-state index in [1.807, 2.05) is 0 Å². The van der Waals surface area contributed by atoms with E-state index >= 15 is 0 Å². The smallest absolute Gasteiger partial charge is 0.393 e. The number of carbonyl (C=O) groups is 1. The molecule has 11 heteroatoms. The zero-order valence-electron chi connectivity index (χ0n) is 11.5. The number of alkyl halides is 3. The van der Waals surface area contributed by atoms with E-state index in [4.69, 9.17) is 5.11 Å². The van der Waals surface area contributed by atoms with Gasteiger partial charge in [-0.2, -0.15) is 22.6 Å². The highest BCUT2D eigenvalue weighted by molar-refractivity contribution is 7.89. The molecule has 1 N–H and O–H groups in total. The summed E-state index contributed by atoms with van der Waals surface area (Å²) < 4.78 is 65.3. The van der Waals surface area contributed by atoms with Gasteiger partial charge in [0.05, 0.1) is 18.0 Å². The van der Waals surface area contributed by atoms with Gasteiger partial charge in [-0.25, -0.2) is 8.42 Å². The fraction of sp³-hybridized carbons (Fsp3) is 0.636. The zero-order valence-corrected chi connectivity index (χ0v) is 12.3. The minimum Gasteiger partial charge on any atom is -0.481 e. The zero-order chi connectivity index (χ0) is 16.7. The van der Waals surface area contributed by atoms with E-state index in [1.54, 1.807) is 6.92 Å². The molecular weight excluding hydrogens is 327 g/mol. The van der Waals surface area contributed by atoms with Crippen LogP contribution in [0.5, 0.6) is 0 Å². The fourth-order valence-electron chi connectivity index (χ4n) is 2.46. The Morgan fingerprint density at radius 1 is 1.45 bits per heavy atom. The molecular formula is C11H14F3N3O4S. The van der Waals surface area contributed by atoms with E-state index in [-0.39, 0.29) is 11.6 Å². The number of sulfonamides is 1. The third kappa shape index (κ3) is 2.82. The number of hydrogen-bond acceptors (Lipinski definition) is 4. The first kappa shape index (κ1) is 16.7. The van der Waals surface area contributed by atoms with Gasteiger partial charge in [0.15, 0.2) is 5.03 Å². The molecule has 0 radical (unpaired) electrons. The highest BCUT2D eigenvalue weighted by Crippen LogP contribution is 2.39. The molecule has 7 nitrogen and oxygen atoms in total. The number of hydrogen-bond donors (Lipinski definition) is 1. The predicted octanol–water partition coefficient (Wildman–Crippen LogP) is 0.787. The minimum absolute atomic E-state index is 0.223. The summed E-state index contributed by atoms with van der Waals surface area (Å²) in [5.74, 6) is -5.70. The summed E-state index contributed by atoms with van der Waals surface area (Å²) in [6, 6.07) is 1.18. The minimum atomic E-state index is -4.78. The van der Waals surface area contributed by atoms with Crippen LogP contribution in [0.15, 0.2) is 17.3 Å². The van der Waals surface area contributed by atoms with E-state index in [9.17, 15) is 26.4 Å². The van der Waals surface area contributed by atoms with Crippen LogP contribution < -0.4 is 0 Å². The molecule has 0 spiro atoms. The summed E-state index contributed by atoms with van der Waals surface area (Å²) >= 11 is 0. The molecule has 124 valence electrons. The Bertz CT molecular complexity index is 670. The Morgan fingerprint density at radius 3 is 2.55 bits per heavy atom. The molecule has 2 atom stereocenters. The molecule has 1 aliphatic heterocycles. The third-order valence-electron chi connectivity index (χ3n) is 3.61. The van der Waals surface area contributed by atoms with Crippen LogP contribution >= 0.6 is 0 Å². The largest absolute Gasteiger partial charge is 0.481 e. The molecule has 22 heavy (non-hydrogen) atoms. The van der Waals surface area contributed by atoms with Gasteiger partial charge in [-0.15, -0.1) is 0 Å². The van der Waals surface area contributed by atoms with Crippen LogP contribution in [0.1, 0.15) is 6.92 Å². The van der Waals surface area contributed by atoms with E-state index in [1.165, 1.54) is 12.3 Å². The van der Waals surface area contributed by atoms with Crippen molar-refractivity contribution in [2.24, 2.45) is 11.8 Å². The van der Waals surface area contributed by atoms with Gasteiger partial charge in [0, 0.05) is 19.6 Å². The number of carboxylic acids is 1. The van der Waals surface area contributed by atoms with E-state index in [2.05, 4.69) is 5.10 Å². The van der Waals surface area contributed by atoms with Gasteiger partial charge >= 0.3 is 12.1 Å². The number of halogens is 3. The van der Waals surface area contributed by atoms with Crippen LogP contribution in [0.25, 0.3) is 0 Å². The van der Waals surface area contributed by atoms with Gasteiger partial charge in [-0.1, -0.05) is 0 Å². The van der Waals surface area contributed by atoms with Crippen molar-refractivity contribution in [3.8, 4) is 0 Å². The normalized spacial score (nSPS) is 23.8. The molecule has 0 amide bonds. The van der Waals surface area contributed by atoms with Crippen LogP contribution in [0, 0.1) is 11.8 Å². The summed E-state index contributed by atoms with van der Waals surface area (Å²) in [6.07, 6.45) is -3.55. The maximum Gasteiger partial charge on any atom is 0.393 e. The molecule has 1 aromatic heterocycles. The van der Waals surface area contributed by atoms with Crippen LogP contribution in [0.3, 0.4) is 0 Å². The second-order valence-electron chi connectivity index (χ2n) is 4.90. The lowest BCUT2D eigenvalue weighted by Crippen LogP contribution is -2.34. The van der Waals surface area contributed by atoms with Crippen molar-refractivity contribution in [3.63, 3.8) is 0 Å². The Labute approximate surface area is 124 Å². The van der Waals surface area contributed by atoms with Crippen molar-refractivity contribution in [2.45, 2.75) is 24.7 Å². The fourth-order valence-corrected chi connectivity index (χ4v) is 4.11. The average Bonchev–Trinajstić information content (AvgIpc) is 3.05. The quantitative estimate of drug-likeness (QED) is 0.874. The van der Waals surface area contributed by atoms with Crippen molar-refractivity contribution >= 4 is 16.0 Å². The van der Waals surface area contributed by atoms with Crippen LogP contribution in [-0.4, -0.2) is 52.8 Å². The van der Waals surface area contributed by atoms with Crippen molar-refractivity contribution in [1.29, 1.82) is 0 Å². The second-order valence-corrected chi connectivity index (χ2v) is 6.78. The third-order valence-corrected chi connectivity index (χ3v) is 5.46. The molecule has 1 aliphatic rings. The Balaban J connectivity index is 2.36. The summed E-state index contributed by atoms with van der Waals surface area (Å²) in [7, 11) is -4.23. The number of aromatic nitrogens is 2. The Morgan fingerprint density at radius 2 is 2.09 bits per heavy atom. The molecule has 1 aromatic rings. The molecule has 0 saturated carbocycles. The van der Waals surface area contributed by atoms with Crippen LogP contribution in [-0.2, 0) is 21.4 Å². The summed E-state index contributed by atoms with van der Waals surface area (Å²) in [4.78, 5) is 11.0. The molecule has 2 rings (SSSR count). The summed E-state index contributed by atoms with van der Waals surface area (Å²) in [5.41, 5.74) is 0. The summed E-state index contributed by atoms with van der Waals surface area (Å²) in [5, 5.41) is 12.4. The van der Waals surface area contributed by atoms with Gasteiger partial charge in [0.2, 0.25) is 0 Å². The topological polar surface area (TPSA) is 92.5 Å². The number of carboxylic acid groups (broad SMARTS) is 1. The number of nitrogens with zero attached hydrogens (tertiary/aromatic N) is 3. The maximum absolute atomic E-state index is 12.9. The lowest BCUT2D eigenvalue weighted by atomic mass is 9.96. The standard InChI is InChI=1S/C11H14F3N3O4S/c1-2-17-9(3-4-15-17)22(20,21)16-5-7(10(18)19)8(6-16)11(12,13)14/h3-4,7-8H,2,5-6H2,1H3,(H,18,19)/t7-,8-/m1/s1. The second kappa shape index (κ2) is 5.54. The van der Waals surface area contributed by atoms with Gasteiger partial charge in [0.1, 0.15) is 0 Å². The highest BCUT2D eigenvalue weighted by Gasteiger charge is 2.55.